The van der Waals surface area contributed by atoms with E-state index in [1.54, 1.807) is 20.5 Å². The van der Waals surface area contributed by atoms with Crippen molar-refractivity contribution >= 4 is 17.1 Å². The van der Waals surface area contributed by atoms with Crippen molar-refractivity contribution in [3.05, 3.63) is 120 Å². The Hall–Kier alpha value is -4.73. The lowest BCUT2D eigenvalue weighted by molar-refractivity contribution is 0.0687. The number of benzene rings is 3. The molecule has 220 valence electrons. The minimum atomic E-state index is -0.850. The van der Waals surface area contributed by atoms with E-state index < -0.39 is 5.54 Å². The van der Waals surface area contributed by atoms with Crippen LogP contribution in [0.25, 0.3) is 11.2 Å². The van der Waals surface area contributed by atoms with Gasteiger partial charge in [-0.3, -0.25) is 0 Å². The predicted molar refractivity (Wildman–Crippen MR) is 165 cm³/mol. The first-order valence-corrected chi connectivity index (χ1v) is 14.4. The van der Waals surface area contributed by atoms with Crippen LogP contribution >= 0.6 is 0 Å². The van der Waals surface area contributed by atoms with E-state index in [-0.39, 0.29) is 18.8 Å². The molecule has 0 fully saturated rings. The maximum absolute atomic E-state index is 9.11. The summed E-state index contributed by atoms with van der Waals surface area (Å²) < 4.78 is 19.2. The molecule has 1 aliphatic rings. The monoisotopic (exact) mass is 577 g/mol. The third-order valence-electron chi connectivity index (χ3n) is 7.83. The second kappa shape index (κ2) is 12.6. The highest BCUT2D eigenvalue weighted by Crippen LogP contribution is 2.41. The predicted octanol–water partition coefficient (Wildman–Crippen LogP) is 5.52. The van der Waals surface area contributed by atoms with Crippen molar-refractivity contribution in [2.45, 2.75) is 30.5 Å². The smallest absolute Gasteiger partial charge is 0.246 e. The van der Waals surface area contributed by atoms with E-state index in [1.807, 2.05) is 53.1 Å². The standard InChI is InChI=1S/C34H35N5O4/c1-41-28-17-14-26(15-18-28)34(24-10-5-3-6-11-24,25-12-7-4-8-13-25)38-33-36-31-30(32(37-33)42-2)35-23-39(31)27-16-19-29(22-27)43-21-9-20-40/h3-8,10-19,23,27,29,40H,9,20-22H2,1-2H3,(H,36,37,38)/t27-,29+/m0/s1. The molecule has 9 nitrogen and oxygen atoms in total. The molecule has 0 spiro atoms. The molecule has 0 unspecified atom stereocenters. The van der Waals surface area contributed by atoms with Crippen LogP contribution in [0.15, 0.2) is 103 Å². The van der Waals surface area contributed by atoms with Gasteiger partial charge in [0, 0.05) is 19.6 Å². The Labute approximate surface area is 250 Å². The topological polar surface area (TPSA) is 104 Å². The molecule has 9 heteroatoms. The van der Waals surface area contributed by atoms with Crippen LogP contribution in [0.1, 0.15) is 35.6 Å². The first-order chi connectivity index (χ1) is 21.2. The van der Waals surface area contributed by atoms with Crippen molar-refractivity contribution in [3.8, 4) is 11.6 Å². The quantitative estimate of drug-likeness (QED) is 0.114. The molecule has 3 aromatic carbocycles. The second-order valence-corrected chi connectivity index (χ2v) is 10.4. The zero-order chi connectivity index (χ0) is 29.6. The normalized spacial score (nSPS) is 16.4. The first kappa shape index (κ1) is 28.4. The minimum Gasteiger partial charge on any atom is -0.497 e. The number of rotatable bonds is 12. The lowest BCUT2D eigenvalue weighted by atomic mass is 9.77. The summed E-state index contributed by atoms with van der Waals surface area (Å²) in [5, 5.41) is 12.9. The number of aromatic nitrogens is 4. The lowest BCUT2D eigenvalue weighted by Gasteiger charge is -2.37. The van der Waals surface area contributed by atoms with Crippen LogP contribution in [-0.2, 0) is 10.3 Å². The highest BCUT2D eigenvalue weighted by atomic mass is 16.5. The van der Waals surface area contributed by atoms with Crippen LogP contribution in [0.3, 0.4) is 0 Å². The van der Waals surface area contributed by atoms with Gasteiger partial charge in [0.1, 0.15) is 11.3 Å². The maximum atomic E-state index is 9.11. The number of anilines is 1. The van der Waals surface area contributed by atoms with E-state index in [4.69, 9.17) is 29.3 Å². The van der Waals surface area contributed by atoms with Gasteiger partial charge in [0.2, 0.25) is 11.8 Å². The van der Waals surface area contributed by atoms with Crippen molar-refractivity contribution in [2.75, 3.05) is 32.8 Å². The molecule has 0 bridgehead atoms. The van der Waals surface area contributed by atoms with Crippen molar-refractivity contribution in [3.63, 3.8) is 0 Å². The summed E-state index contributed by atoms with van der Waals surface area (Å²) >= 11 is 0. The number of methoxy groups -OCH3 is 2. The molecule has 43 heavy (non-hydrogen) atoms. The molecular weight excluding hydrogens is 542 g/mol. The van der Waals surface area contributed by atoms with Gasteiger partial charge in [-0.2, -0.15) is 9.97 Å². The average molecular weight is 578 g/mol. The van der Waals surface area contributed by atoms with Gasteiger partial charge in [-0.1, -0.05) is 84.9 Å². The number of hydrogen-bond acceptors (Lipinski definition) is 8. The van der Waals surface area contributed by atoms with Crippen LogP contribution in [0.5, 0.6) is 11.6 Å². The van der Waals surface area contributed by atoms with Crippen molar-refractivity contribution in [1.29, 1.82) is 0 Å². The number of imidazole rings is 1. The molecule has 2 N–H and O–H groups in total. The van der Waals surface area contributed by atoms with Crippen molar-refractivity contribution in [1.82, 2.24) is 19.5 Å². The molecule has 0 amide bonds. The van der Waals surface area contributed by atoms with Gasteiger partial charge in [0.15, 0.2) is 11.2 Å². The zero-order valence-corrected chi connectivity index (χ0v) is 24.3. The third kappa shape index (κ3) is 5.57. The first-order valence-electron chi connectivity index (χ1n) is 14.4. The molecule has 1 aliphatic carbocycles. The van der Waals surface area contributed by atoms with Gasteiger partial charge in [-0.25, -0.2) is 4.98 Å². The van der Waals surface area contributed by atoms with Gasteiger partial charge in [0.25, 0.3) is 0 Å². The van der Waals surface area contributed by atoms with Crippen LogP contribution in [0, 0.1) is 0 Å². The van der Waals surface area contributed by atoms with E-state index in [0.29, 0.717) is 36.0 Å². The number of ether oxygens (including phenoxy) is 3. The molecule has 0 aliphatic heterocycles. The van der Waals surface area contributed by atoms with E-state index in [9.17, 15) is 0 Å². The third-order valence-corrected chi connectivity index (χ3v) is 7.83. The summed E-state index contributed by atoms with van der Waals surface area (Å²) in [6.45, 7) is 0.627. The lowest BCUT2D eigenvalue weighted by Crippen LogP contribution is -2.38. The number of aliphatic hydroxyl groups is 1. The summed E-state index contributed by atoms with van der Waals surface area (Å²) in [7, 11) is 3.26. The minimum absolute atomic E-state index is 0.00572. The maximum Gasteiger partial charge on any atom is 0.246 e. The fraction of sp³-hybridized carbons (Fsp3) is 0.265. The fourth-order valence-electron chi connectivity index (χ4n) is 5.71. The van der Waals surface area contributed by atoms with Crippen LogP contribution < -0.4 is 14.8 Å². The van der Waals surface area contributed by atoms with Gasteiger partial charge in [-0.15, -0.1) is 0 Å². The Bertz CT molecular complexity index is 1630. The SMILES string of the molecule is COc1ccc(C(Nc2nc(OC)c3ncn([C@H]4C=C[C@@H](OCCCO)C4)c3n2)(c2ccccc2)c2ccccc2)cc1. The number of hydrogen-bond donors (Lipinski definition) is 2. The number of allylic oxidation sites excluding steroid dienone is 1. The van der Waals surface area contributed by atoms with Gasteiger partial charge < -0.3 is 29.2 Å². The molecule has 2 aromatic heterocycles. The van der Waals surface area contributed by atoms with Gasteiger partial charge >= 0.3 is 0 Å². The number of fused-ring (bicyclic) bond motifs is 1. The van der Waals surface area contributed by atoms with Gasteiger partial charge in [0.05, 0.1) is 32.7 Å². The molecule has 0 saturated heterocycles. The average Bonchev–Trinajstić information content (AvgIpc) is 3.71. The molecule has 2 atom stereocenters. The van der Waals surface area contributed by atoms with Crippen LogP contribution in [0.2, 0.25) is 0 Å². The molecule has 5 aromatic rings. The summed E-state index contributed by atoms with van der Waals surface area (Å²) in [5.41, 5.74) is 3.42. The summed E-state index contributed by atoms with van der Waals surface area (Å²) in [5.74, 6) is 1.55. The van der Waals surface area contributed by atoms with E-state index >= 15 is 0 Å². The number of nitrogens with zero attached hydrogens (tertiary/aromatic N) is 4. The molecule has 0 saturated carbocycles. The van der Waals surface area contributed by atoms with Gasteiger partial charge in [-0.05, 0) is 35.2 Å². The summed E-state index contributed by atoms with van der Waals surface area (Å²) in [4.78, 5) is 14.5. The molecule has 0 radical (unpaired) electrons. The van der Waals surface area contributed by atoms with E-state index in [1.165, 1.54) is 0 Å². The highest BCUT2D eigenvalue weighted by molar-refractivity contribution is 5.78. The Morgan fingerprint density at radius 3 is 2.16 bits per heavy atom. The number of nitrogens with one attached hydrogen (secondary N) is 1. The highest BCUT2D eigenvalue weighted by Gasteiger charge is 2.38. The Kier molecular flexibility index (Phi) is 8.35. The second-order valence-electron chi connectivity index (χ2n) is 10.4. The largest absolute Gasteiger partial charge is 0.497 e. The fourth-order valence-corrected chi connectivity index (χ4v) is 5.71. The Morgan fingerprint density at radius 2 is 1.53 bits per heavy atom. The molecule has 2 heterocycles. The van der Waals surface area contributed by atoms with E-state index in [0.717, 1.165) is 28.9 Å². The molecule has 6 rings (SSSR count). The van der Waals surface area contributed by atoms with Crippen molar-refractivity contribution < 1.29 is 19.3 Å². The van der Waals surface area contributed by atoms with E-state index in [2.05, 4.69) is 58.9 Å². The molecular formula is C34H35N5O4. The van der Waals surface area contributed by atoms with Crippen molar-refractivity contribution in [2.24, 2.45) is 0 Å². The van der Waals surface area contributed by atoms with Crippen LogP contribution in [0.4, 0.5) is 5.95 Å². The zero-order valence-electron chi connectivity index (χ0n) is 24.3. The Balaban J connectivity index is 1.47. The summed E-state index contributed by atoms with van der Waals surface area (Å²) in [6, 6.07) is 28.6. The summed E-state index contributed by atoms with van der Waals surface area (Å²) in [6.07, 6.45) is 7.28. The van der Waals surface area contributed by atoms with Crippen LogP contribution in [-0.4, -0.2) is 58.2 Å². The number of aliphatic hydroxyl groups excluding tert-OH is 1. The Morgan fingerprint density at radius 1 is 0.860 bits per heavy atom.